The summed E-state index contributed by atoms with van der Waals surface area (Å²) < 4.78 is 0. The third-order valence-electron chi connectivity index (χ3n) is 0.742. The molecule has 0 rings (SSSR count). The number of halogens is 2. The van der Waals surface area contributed by atoms with Crippen molar-refractivity contribution in [3.63, 3.8) is 0 Å². The predicted octanol–water partition coefficient (Wildman–Crippen LogP) is 2.83. The van der Waals surface area contributed by atoms with E-state index in [1.807, 2.05) is 5.70 Å². The monoisotopic (exact) mass is 182 g/mol. The van der Waals surface area contributed by atoms with Crippen LogP contribution >= 0.6 is 22.2 Å². The van der Waals surface area contributed by atoms with E-state index in [9.17, 15) is 0 Å². The van der Waals surface area contributed by atoms with Crippen LogP contribution in [0.5, 0.6) is 0 Å². The molecule has 0 N–H and O–H groups in total. The molecule has 0 atom stereocenters. The van der Waals surface area contributed by atoms with Gasteiger partial charge in [-0.1, -0.05) is 32.5 Å². The lowest BCUT2D eigenvalue weighted by molar-refractivity contribution is 0.545. The maximum absolute atomic E-state index is 5.60. The summed E-state index contributed by atoms with van der Waals surface area (Å²) in [5, 5.41) is 0. The van der Waals surface area contributed by atoms with Gasteiger partial charge in [-0.2, -0.15) is 0 Å². The molecule has 0 aromatic carbocycles. The Bertz CT molecular complexity index is 102. The van der Waals surface area contributed by atoms with E-state index in [2.05, 4.69) is 26.8 Å². The van der Waals surface area contributed by atoms with Crippen LogP contribution in [0, 0.1) is 5.41 Å². The molecular weight excluding hydrogens is 171 g/mol. The van der Waals surface area contributed by atoms with Crippen molar-refractivity contribution >= 4 is 29.6 Å². The predicted molar refractivity (Wildman–Crippen MR) is 47.5 cm³/mol. The molecule has 0 heterocycles. The van der Waals surface area contributed by atoms with Crippen molar-refractivity contribution in [3.8, 4) is 0 Å². The quantitative estimate of drug-likeness (QED) is 0.433. The van der Waals surface area contributed by atoms with Gasteiger partial charge in [-0.15, -0.1) is 22.2 Å². The first-order chi connectivity index (χ1) is 3.92. The number of rotatable bonds is 1. The average Bonchev–Trinajstić information content (AvgIpc) is 1.59. The lowest BCUT2D eigenvalue weighted by Gasteiger charge is -2.10. The summed E-state index contributed by atoms with van der Waals surface area (Å²) in [6.07, 6.45) is 2.06. The standard InChI is InChI=1S/C6H12Cl2Si/c1-6(2,3)4-5-9(7)8/h4-5,9H,1-3H3. The molecule has 54 valence electrons. The zero-order chi connectivity index (χ0) is 7.49. The van der Waals surface area contributed by atoms with Crippen LogP contribution in [0.3, 0.4) is 0 Å². The molecule has 0 spiro atoms. The van der Waals surface area contributed by atoms with E-state index < -0.39 is 7.42 Å². The van der Waals surface area contributed by atoms with Gasteiger partial charge in [0.25, 0.3) is 7.42 Å². The fraction of sp³-hybridized carbons (Fsp3) is 0.667. The molecule has 0 aliphatic rings. The van der Waals surface area contributed by atoms with Gasteiger partial charge in [0.1, 0.15) is 0 Å². The van der Waals surface area contributed by atoms with Crippen LogP contribution in [0.15, 0.2) is 11.8 Å². The zero-order valence-corrected chi connectivity index (χ0v) is 8.65. The molecule has 0 bridgehead atoms. The van der Waals surface area contributed by atoms with Crippen molar-refractivity contribution in [3.05, 3.63) is 11.8 Å². The molecule has 0 nitrogen and oxygen atoms in total. The number of hydrogen-bond donors (Lipinski definition) is 0. The maximum Gasteiger partial charge on any atom is 0.259 e. The summed E-state index contributed by atoms with van der Waals surface area (Å²) in [5.41, 5.74) is 2.14. The first kappa shape index (κ1) is 9.54. The highest BCUT2D eigenvalue weighted by atomic mass is 35.7. The van der Waals surface area contributed by atoms with Crippen LogP contribution < -0.4 is 0 Å². The molecule has 0 amide bonds. The van der Waals surface area contributed by atoms with Crippen molar-refractivity contribution in [1.82, 2.24) is 0 Å². The van der Waals surface area contributed by atoms with Crippen LogP contribution in [0.2, 0.25) is 0 Å². The molecule has 0 aromatic heterocycles. The van der Waals surface area contributed by atoms with Gasteiger partial charge in [0, 0.05) is 0 Å². The second-order valence-electron chi connectivity index (χ2n) is 3.06. The first-order valence-electron chi connectivity index (χ1n) is 2.89. The molecule has 3 heteroatoms. The Hall–Kier alpha value is 0.537. The van der Waals surface area contributed by atoms with E-state index in [-0.39, 0.29) is 5.41 Å². The fourth-order valence-corrected chi connectivity index (χ4v) is 1.52. The zero-order valence-electron chi connectivity index (χ0n) is 5.99. The SMILES string of the molecule is CC(C)(C)C=C[SiH](Cl)Cl. The highest BCUT2D eigenvalue weighted by molar-refractivity contribution is 7.36. The lowest BCUT2D eigenvalue weighted by atomic mass is 9.98. The molecular formula is C6H12Cl2Si. The third kappa shape index (κ3) is 8.54. The topological polar surface area (TPSA) is 0 Å². The normalized spacial score (nSPS) is 13.6. The van der Waals surface area contributed by atoms with Crippen LogP contribution in [0.25, 0.3) is 0 Å². The highest BCUT2D eigenvalue weighted by Crippen LogP contribution is 2.15. The minimum atomic E-state index is -1.51. The van der Waals surface area contributed by atoms with Gasteiger partial charge in [-0.3, -0.25) is 0 Å². The minimum absolute atomic E-state index is 0.217. The molecule has 0 fully saturated rings. The summed E-state index contributed by atoms with van der Waals surface area (Å²) in [5.74, 6) is 0. The molecule has 0 aliphatic carbocycles. The molecule has 0 saturated heterocycles. The van der Waals surface area contributed by atoms with Gasteiger partial charge in [-0.05, 0) is 5.41 Å². The number of hydrogen-bond acceptors (Lipinski definition) is 0. The van der Waals surface area contributed by atoms with Crippen molar-refractivity contribution in [2.45, 2.75) is 20.8 Å². The molecule has 9 heavy (non-hydrogen) atoms. The fourth-order valence-electron chi connectivity index (χ4n) is 0.361. The Kier molecular flexibility index (Phi) is 3.86. The highest BCUT2D eigenvalue weighted by Gasteiger charge is 2.04. The van der Waals surface area contributed by atoms with E-state index in [0.717, 1.165) is 0 Å². The molecule has 0 saturated carbocycles. The summed E-state index contributed by atoms with van der Waals surface area (Å²) in [7, 11) is -1.51. The molecule has 0 aromatic rings. The lowest BCUT2D eigenvalue weighted by Crippen LogP contribution is -2.00. The van der Waals surface area contributed by atoms with Crippen LogP contribution in [0.1, 0.15) is 20.8 Å². The Balaban J connectivity index is 3.71. The molecule has 0 unspecified atom stereocenters. The van der Waals surface area contributed by atoms with Crippen molar-refractivity contribution in [2.24, 2.45) is 5.41 Å². The van der Waals surface area contributed by atoms with E-state index in [1.165, 1.54) is 0 Å². The second-order valence-corrected chi connectivity index (χ2v) is 7.60. The van der Waals surface area contributed by atoms with Gasteiger partial charge in [-0.25, -0.2) is 0 Å². The molecule has 0 radical (unpaired) electrons. The van der Waals surface area contributed by atoms with E-state index >= 15 is 0 Å². The smallest absolute Gasteiger partial charge is 0.145 e. The number of allylic oxidation sites excluding steroid dienone is 1. The molecule has 0 aliphatic heterocycles. The van der Waals surface area contributed by atoms with Gasteiger partial charge in [0.05, 0.1) is 0 Å². The van der Waals surface area contributed by atoms with Crippen LogP contribution in [0.4, 0.5) is 0 Å². The largest absolute Gasteiger partial charge is 0.259 e. The van der Waals surface area contributed by atoms with Crippen molar-refractivity contribution in [1.29, 1.82) is 0 Å². The summed E-state index contributed by atoms with van der Waals surface area (Å²) in [6.45, 7) is 6.36. The summed E-state index contributed by atoms with van der Waals surface area (Å²) >= 11 is 11.2. The second kappa shape index (κ2) is 3.64. The Morgan fingerprint density at radius 2 is 1.67 bits per heavy atom. The van der Waals surface area contributed by atoms with Gasteiger partial charge in [0.2, 0.25) is 0 Å². The van der Waals surface area contributed by atoms with Crippen LogP contribution in [-0.2, 0) is 0 Å². The minimum Gasteiger partial charge on any atom is -0.145 e. The van der Waals surface area contributed by atoms with Gasteiger partial charge in [0.15, 0.2) is 0 Å². The maximum atomic E-state index is 5.60. The summed E-state index contributed by atoms with van der Waals surface area (Å²) in [4.78, 5) is 0. The first-order valence-corrected chi connectivity index (χ1v) is 7.05. The van der Waals surface area contributed by atoms with E-state index in [4.69, 9.17) is 22.2 Å². The van der Waals surface area contributed by atoms with Crippen LogP contribution in [-0.4, -0.2) is 7.42 Å². The van der Waals surface area contributed by atoms with Gasteiger partial charge >= 0.3 is 0 Å². The van der Waals surface area contributed by atoms with Crippen molar-refractivity contribution in [2.75, 3.05) is 0 Å². The van der Waals surface area contributed by atoms with E-state index in [1.54, 1.807) is 0 Å². The summed E-state index contributed by atoms with van der Waals surface area (Å²) in [6, 6.07) is 0. The Morgan fingerprint density at radius 1 is 1.22 bits per heavy atom. The Labute approximate surface area is 67.9 Å². The average molecular weight is 183 g/mol. The van der Waals surface area contributed by atoms with Crippen molar-refractivity contribution < 1.29 is 0 Å². The van der Waals surface area contributed by atoms with Gasteiger partial charge < -0.3 is 0 Å². The van der Waals surface area contributed by atoms with E-state index in [0.29, 0.717) is 0 Å². The third-order valence-corrected chi connectivity index (χ3v) is 2.10. The Morgan fingerprint density at radius 3 is 1.78 bits per heavy atom.